The molecule has 1 amide bonds. The van der Waals surface area contributed by atoms with Crippen molar-refractivity contribution in [1.82, 2.24) is 4.90 Å². The molecule has 3 aromatic carbocycles. The number of hydrogen-bond acceptors (Lipinski definition) is 4. The summed E-state index contributed by atoms with van der Waals surface area (Å²) in [6.07, 6.45) is 0. The lowest BCUT2D eigenvalue weighted by Crippen LogP contribution is -2.38. The van der Waals surface area contributed by atoms with Crippen molar-refractivity contribution >= 4 is 11.6 Å². The van der Waals surface area contributed by atoms with Crippen LogP contribution in [-0.2, 0) is 21.0 Å². The molecular formula is C33H42N2O3. The molecule has 0 bridgehead atoms. The number of likely N-dealkylation sites (N-methyl/N-ethyl adjacent to an activating group) is 1. The zero-order valence-corrected chi connectivity index (χ0v) is 24.1. The van der Waals surface area contributed by atoms with Crippen LogP contribution in [0.25, 0.3) is 0 Å². The van der Waals surface area contributed by atoms with Gasteiger partial charge >= 0.3 is 0 Å². The van der Waals surface area contributed by atoms with E-state index in [1.165, 1.54) is 0 Å². The zero-order valence-electron chi connectivity index (χ0n) is 24.1. The fraction of sp³-hybridized carbons (Fsp3) is 0.424. The maximum absolute atomic E-state index is 14.3. The van der Waals surface area contributed by atoms with Gasteiger partial charge in [-0.3, -0.25) is 4.79 Å². The van der Waals surface area contributed by atoms with Gasteiger partial charge in [0.2, 0.25) is 5.91 Å². The summed E-state index contributed by atoms with van der Waals surface area (Å²) in [7, 11) is 2.06. The molecule has 0 fully saturated rings. The first-order valence-electron chi connectivity index (χ1n) is 13.5. The number of hydrogen-bond donors (Lipinski definition) is 2. The van der Waals surface area contributed by atoms with Crippen LogP contribution in [0.4, 0.5) is 5.69 Å². The van der Waals surface area contributed by atoms with E-state index in [1.807, 2.05) is 42.5 Å². The van der Waals surface area contributed by atoms with E-state index < -0.39 is 5.41 Å². The molecule has 38 heavy (non-hydrogen) atoms. The number of rotatable bonds is 7. The molecule has 1 unspecified atom stereocenters. The van der Waals surface area contributed by atoms with Gasteiger partial charge in [-0.15, -0.1) is 0 Å². The molecule has 3 aromatic rings. The van der Waals surface area contributed by atoms with E-state index in [0.717, 1.165) is 41.0 Å². The van der Waals surface area contributed by atoms with Crippen LogP contribution in [0.1, 0.15) is 76.3 Å². The van der Waals surface area contributed by atoms with Crippen molar-refractivity contribution in [2.24, 2.45) is 0 Å². The number of fused-ring (bicyclic) bond motifs is 1. The van der Waals surface area contributed by atoms with Crippen LogP contribution in [-0.4, -0.2) is 42.7 Å². The first-order chi connectivity index (χ1) is 17.8. The lowest BCUT2D eigenvalue weighted by Gasteiger charge is -2.34. The molecule has 0 saturated heterocycles. The maximum atomic E-state index is 14.3. The second-order valence-electron chi connectivity index (χ2n) is 12.4. The Morgan fingerprint density at radius 1 is 0.868 bits per heavy atom. The Balaban J connectivity index is 2.06. The van der Waals surface area contributed by atoms with Crippen LogP contribution < -0.4 is 10.1 Å². The van der Waals surface area contributed by atoms with Gasteiger partial charge < -0.3 is 20.1 Å². The van der Waals surface area contributed by atoms with Crippen molar-refractivity contribution in [3.63, 3.8) is 0 Å². The average molecular weight is 515 g/mol. The quantitative estimate of drug-likeness (QED) is 0.373. The number of phenols is 1. The van der Waals surface area contributed by atoms with E-state index in [-0.39, 0.29) is 22.5 Å². The molecule has 5 nitrogen and oxygen atoms in total. The first-order valence-corrected chi connectivity index (χ1v) is 13.5. The number of para-hydroxylation sites is 1. The lowest BCUT2D eigenvalue weighted by molar-refractivity contribution is -0.118. The van der Waals surface area contributed by atoms with Crippen LogP contribution in [0.2, 0.25) is 0 Å². The molecule has 0 spiro atoms. The summed E-state index contributed by atoms with van der Waals surface area (Å²) >= 11 is 0. The highest BCUT2D eigenvalue weighted by atomic mass is 16.5. The number of nitrogens with one attached hydrogen (secondary N) is 1. The SMILES string of the molecule is CCN(C)CCOc1ccc(C(C)(C)C)cc1C1(c2cc(C(C)(C)C)ccc2O)C(=O)Nc2ccccc21. The third kappa shape index (κ3) is 4.92. The summed E-state index contributed by atoms with van der Waals surface area (Å²) in [4.78, 5) is 16.5. The molecule has 0 saturated carbocycles. The summed E-state index contributed by atoms with van der Waals surface area (Å²) in [5, 5.41) is 14.5. The van der Waals surface area contributed by atoms with Gasteiger partial charge in [0.25, 0.3) is 0 Å². The fourth-order valence-corrected chi connectivity index (χ4v) is 5.13. The molecule has 1 aliphatic rings. The normalized spacial score (nSPS) is 17.4. The predicted molar refractivity (Wildman–Crippen MR) is 156 cm³/mol. The summed E-state index contributed by atoms with van der Waals surface area (Å²) in [6, 6.07) is 19.6. The number of amides is 1. The van der Waals surface area contributed by atoms with Gasteiger partial charge in [0.15, 0.2) is 0 Å². The molecular weight excluding hydrogens is 472 g/mol. The molecule has 0 radical (unpaired) electrons. The molecule has 0 aromatic heterocycles. The number of phenolic OH excluding ortho intramolecular Hbond substituents is 1. The van der Waals surface area contributed by atoms with Gasteiger partial charge in [0.05, 0.1) is 0 Å². The Hall–Kier alpha value is -3.31. The lowest BCUT2D eigenvalue weighted by atomic mass is 9.67. The molecule has 1 atom stereocenters. The summed E-state index contributed by atoms with van der Waals surface area (Å²) in [5.74, 6) is 0.541. The average Bonchev–Trinajstić information content (AvgIpc) is 3.15. The molecule has 4 rings (SSSR count). The second kappa shape index (κ2) is 10.1. The van der Waals surface area contributed by atoms with Crippen molar-refractivity contribution in [2.75, 3.05) is 32.1 Å². The van der Waals surface area contributed by atoms with Crippen LogP contribution in [0.3, 0.4) is 0 Å². The van der Waals surface area contributed by atoms with Crippen molar-refractivity contribution in [2.45, 2.75) is 64.7 Å². The summed E-state index contributed by atoms with van der Waals surface area (Å²) < 4.78 is 6.43. The molecule has 5 heteroatoms. The van der Waals surface area contributed by atoms with E-state index in [4.69, 9.17) is 4.74 Å². The van der Waals surface area contributed by atoms with Crippen molar-refractivity contribution < 1.29 is 14.6 Å². The molecule has 1 aliphatic heterocycles. The topological polar surface area (TPSA) is 61.8 Å². The highest BCUT2D eigenvalue weighted by Gasteiger charge is 2.53. The Bertz CT molecular complexity index is 1330. The van der Waals surface area contributed by atoms with Crippen LogP contribution >= 0.6 is 0 Å². The largest absolute Gasteiger partial charge is 0.508 e. The Morgan fingerprint density at radius 3 is 2.11 bits per heavy atom. The molecule has 0 aliphatic carbocycles. The molecule has 2 N–H and O–H groups in total. The summed E-state index contributed by atoms with van der Waals surface area (Å²) in [5.41, 5.74) is 3.39. The van der Waals surface area contributed by atoms with Gasteiger partial charge in [-0.1, -0.05) is 78.8 Å². The number of nitrogens with zero attached hydrogens (tertiary/aromatic N) is 1. The van der Waals surface area contributed by atoms with E-state index in [2.05, 4.69) is 77.9 Å². The smallest absolute Gasteiger partial charge is 0.244 e. The van der Waals surface area contributed by atoms with Crippen molar-refractivity contribution in [1.29, 1.82) is 0 Å². The minimum atomic E-state index is -1.28. The molecule has 1 heterocycles. The van der Waals surface area contributed by atoms with Gasteiger partial charge in [0.1, 0.15) is 23.5 Å². The van der Waals surface area contributed by atoms with Crippen LogP contribution in [0.5, 0.6) is 11.5 Å². The predicted octanol–water partition coefficient (Wildman–Crippen LogP) is 6.60. The number of aromatic hydroxyl groups is 1. The minimum absolute atomic E-state index is 0.0858. The van der Waals surface area contributed by atoms with Gasteiger partial charge in [-0.2, -0.15) is 0 Å². The van der Waals surface area contributed by atoms with Crippen LogP contribution in [0.15, 0.2) is 60.7 Å². The van der Waals surface area contributed by atoms with Gasteiger partial charge in [-0.05, 0) is 65.9 Å². The summed E-state index contributed by atoms with van der Waals surface area (Å²) in [6.45, 7) is 17.2. The third-order valence-corrected chi connectivity index (χ3v) is 7.71. The van der Waals surface area contributed by atoms with Gasteiger partial charge in [0, 0.05) is 28.9 Å². The number of carbonyl (C=O) groups is 1. The third-order valence-electron chi connectivity index (χ3n) is 7.71. The van der Waals surface area contributed by atoms with E-state index in [1.54, 1.807) is 6.07 Å². The standard InChI is InChI=1S/C33H42N2O3/c1-9-35(8)18-19-38-29-17-15-23(32(5,6)7)21-26(29)33(24-12-10-11-13-27(24)34-30(33)37)25-20-22(31(2,3)4)14-16-28(25)36/h10-17,20-21,36H,9,18-19H2,1-8H3,(H,34,37). The number of carbonyl (C=O) groups excluding carboxylic acids is 1. The first kappa shape index (κ1) is 27.7. The zero-order chi connectivity index (χ0) is 27.9. The monoisotopic (exact) mass is 514 g/mol. The highest BCUT2D eigenvalue weighted by Crippen LogP contribution is 2.53. The minimum Gasteiger partial charge on any atom is -0.508 e. The van der Waals surface area contributed by atoms with E-state index >= 15 is 0 Å². The number of anilines is 1. The Kier molecular flexibility index (Phi) is 7.37. The molecule has 202 valence electrons. The van der Waals surface area contributed by atoms with Gasteiger partial charge in [-0.25, -0.2) is 0 Å². The Labute approximate surface area is 227 Å². The Morgan fingerprint density at radius 2 is 1.47 bits per heavy atom. The fourth-order valence-electron chi connectivity index (χ4n) is 5.13. The highest BCUT2D eigenvalue weighted by molar-refractivity contribution is 6.12. The number of benzene rings is 3. The van der Waals surface area contributed by atoms with Crippen molar-refractivity contribution in [3.8, 4) is 11.5 Å². The van der Waals surface area contributed by atoms with E-state index in [0.29, 0.717) is 17.9 Å². The van der Waals surface area contributed by atoms with Crippen molar-refractivity contribution in [3.05, 3.63) is 88.5 Å². The van der Waals surface area contributed by atoms with Crippen LogP contribution in [0, 0.1) is 0 Å². The maximum Gasteiger partial charge on any atom is 0.244 e. The second-order valence-corrected chi connectivity index (χ2v) is 12.4. The number of ether oxygens (including phenoxy) is 1. The van der Waals surface area contributed by atoms with E-state index in [9.17, 15) is 9.90 Å².